The van der Waals surface area contributed by atoms with Crippen LogP contribution in [0, 0.1) is 0 Å². The molecule has 0 spiro atoms. The molecule has 1 amide bonds. The molecule has 0 saturated carbocycles. The summed E-state index contributed by atoms with van der Waals surface area (Å²) in [6.07, 6.45) is 1.67. The third kappa shape index (κ3) is 6.52. The van der Waals surface area contributed by atoms with E-state index in [0.717, 1.165) is 17.3 Å². The number of carbonyl (C=O) groups excluding carboxylic acids is 2. The minimum Gasteiger partial charge on any atom is -0.507 e. The molecule has 2 N–H and O–H groups in total. The summed E-state index contributed by atoms with van der Waals surface area (Å²) >= 11 is 10.7. The highest BCUT2D eigenvalue weighted by Gasteiger charge is 2.18. The van der Waals surface area contributed by atoms with Crippen molar-refractivity contribution in [3.8, 4) is 17.1 Å². The molecule has 1 heterocycles. The molecular weight excluding hydrogens is 544 g/mol. The van der Waals surface area contributed by atoms with Gasteiger partial charge in [-0.15, -0.1) is 10.2 Å². The lowest BCUT2D eigenvalue weighted by Crippen LogP contribution is -2.15. The van der Waals surface area contributed by atoms with Crippen LogP contribution in [0.4, 0.5) is 5.69 Å². The highest BCUT2D eigenvalue weighted by atomic mass is 79.9. The Morgan fingerprint density at radius 3 is 2.74 bits per heavy atom. The summed E-state index contributed by atoms with van der Waals surface area (Å²) in [4.78, 5) is 24.8. The van der Waals surface area contributed by atoms with Gasteiger partial charge < -0.3 is 19.7 Å². The minimum absolute atomic E-state index is 0.0709. The highest BCUT2D eigenvalue weighted by Crippen LogP contribution is 2.32. The number of esters is 1. The van der Waals surface area contributed by atoms with Gasteiger partial charge in [-0.2, -0.15) is 0 Å². The zero-order valence-corrected chi connectivity index (χ0v) is 21.8. The quantitative estimate of drug-likeness (QED) is 0.182. The molecule has 34 heavy (non-hydrogen) atoms. The van der Waals surface area contributed by atoms with Gasteiger partial charge in [0, 0.05) is 16.7 Å². The van der Waals surface area contributed by atoms with Gasteiger partial charge in [0.1, 0.15) is 5.75 Å². The van der Waals surface area contributed by atoms with Crippen LogP contribution in [0.5, 0.6) is 5.75 Å². The highest BCUT2D eigenvalue weighted by molar-refractivity contribution is 9.10. The first-order chi connectivity index (χ1) is 16.3. The number of aromatic nitrogens is 3. The molecule has 0 aliphatic rings. The molecule has 0 fully saturated rings. The van der Waals surface area contributed by atoms with Crippen LogP contribution in [-0.2, 0) is 16.1 Å². The summed E-state index contributed by atoms with van der Waals surface area (Å²) in [5.41, 5.74) is 1.18. The molecule has 1 aromatic heterocycles. The van der Waals surface area contributed by atoms with E-state index in [2.05, 4.69) is 31.4 Å². The maximum absolute atomic E-state index is 12.6. The first-order valence-corrected chi connectivity index (χ1v) is 12.8. The van der Waals surface area contributed by atoms with E-state index in [9.17, 15) is 14.7 Å². The van der Waals surface area contributed by atoms with E-state index < -0.39 is 5.97 Å². The van der Waals surface area contributed by atoms with Crippen molar-refractivity contribution in [2.75, 3.05) is 17.7 Å². The SMILES string of the molecule is CCCCOC(=O)c1cc(NC(=O)CSc2nnc(-c3cc(Br)ccc3O)n2CC)ccc1Cl. The van der Waals surface area contributed by atoms with Crippen LogP contribution in [0.1, 0.15) is 37.0 Å². The maximum atomic E-state index is 12.6. The van der Waals surface area contributed by atoms with Crippen molar-refractivity contribution >= 4 is 56.9 Å². The van der Waals surface area contributed by atoms with E-state index in [1.54, 1.807) is 30.3 Å². The number of ether oxygens (including phenoxy) is 1. The second-order valence-electron chi connectivity index (χ2n) is 7.23. The van der Waals surface area contributed by atoms with Gasteiger partial charge in [-0.25, -0.2) is 4.79 Å². The number of benzene rings is 2. The van der Waals surface area contributed by atoms with Gasteiger partial charge in [0.15, 0.2) is 11.0 Å². The van der Waals surface area contributed by atoms with Gasteiger partial charge in [-0.05, 0) is 49.7 Å². The molecular formula is C23H24BrClN4O4S. The van der Waals surface area contributed by atoms with Crippen LogP contribution in [0.15, 0.2) is 46.0 Å². The van der Waals surface area contributed by atoms with E-state index in [0.29, 0.717) is 35.4 Å². The van der Waals surface area contributed by atoms with Gasteiger partial charge >= 0.3 is 5.97 Å². The molecule has 0 saturated heterocycles. The van der Waals surface area contributed by atoms with E-state index in [1.165, 1.54) is 17.8 Å². The number of rotatable bonds is 10. The zero-order valence-electron chi connectivity index (χ0n) is 18.7. The Labute approximate surface area is 215 Å². The van der Waals surface area contributed by atoms with Crippen LogP contribution in [-0.4, -0.2) is 44.1 Å². The molecule has 0 aliphatic heterocycles. The summed E-state index contributed by atoms with van der Waals surface area (Å²) in [6.45, 7) is 4.81. The van der Waals surface area contributed by atoms with Gasteiger partial charge in [-0.3, -0.25) is 4.79 Å². The summed E-state index contributed by atoms with van der Waals surface area (Å²) in [7, 11) is 0. The molecule has 180 valence electrons. The van der Waals surface area contributed by atoms with Crippen LogP contribution in [0.2, 0.25) is 5.02 Å². The Morgan fingerprint density at radius 1 is 1.21 bits per heavy atom. The number of nitrogens with one attached hydrogen (secondary N) is 1. The summed E-state index contributed by atoms with van der Waals surface area (Å²) in [5, 5.41) is 22.2. The third-order valence-corrected chi connectivity index (χ3v) is 6.56. The number of thioether (sulfide) groups is 1. The van der Waals surface area contributed by atoms with Crippen molar-refractivity contribution in [3.63, 3.8) is 0 Å². The van der Waals surface area contributed by atoms with Crippen LogP contribution < -0.4 is 5.32 Å². The first kappa shape index (κ1) is 26.1. The smallest absolute Gasteiger partial charge is 0.339 e. The van der Waals surface area contributed by atoms with Crippen LogP contribution in [0.3, 0.4) is 0 Å². The predicted octanol–water partition coefficient (Wildman–Crippen LogP) is 5.77. The molecule has 11 heteroatoms. The van der Waals surface area contributed by atoms with Crippen molar-refractivity contribution in [2.45, 2.75) is 38.4 Å². The predicted molar refractivity (Wildman–Crippen MR) is 136 cm³/mol. The normalized spacial score (nSPS) is 10.8. The number of hydrogen-bond donors (Lipinski definition) is 2. The Morgan fingerprint density at radius 2 is 2.00 bits per heavy atom. The lowest BCUT2D eigenvalue weighted by molar-refractivity contribution is -0.113. The number of carbonyl (C=O) groups is 2. The van der Waals surface area contributed by atoms with Crippen molar-refractivity contribution < 1.29 is 19.4 Å². The molecule has 3 rings (SSSR count). The number of anilines is 1. The summed E-state index contributed by atoms with van der Waals surface area (Å²) in [6, 6.07) is 9.74. The van der Waals surface area contributed by atoms with Gasteiger partial charge in [0.2, 0.25) is 5.91 Å². The van der Waals surface area contributed by atoms with Crippen molar-refractivity contribution in [2.24, 2.45) is 0 Å². The average molecular weight is 568 g/mol. The lowest BCUT2D eigenvalue weighted by Gasteiger charge is -2.10. The second-order valence-corrected chi connectivity index (χ2v) is 9.50. The fourth-order valence-electron chi connectivity index (χ4n) is 3.04. The van der Waals surface area contributed by atoms with Crippen molar-refractivity contribution in [1.82, 2.24) is 14.8 Å². The molecule has 8 nitrogen and oxygen atoms in total. The van der Waals surface area contributed by atoms with Crippen molar-refractivity contribution in [1.29, 1.82) is 0 Å². The molecule has 0 radical (unpaired) electrons. The molecule has 0 unspecified atom stereocenters. The van der Waals surface area contributed by atoms with E-state index in [4.69, 9.17) is 16.3 Å². The number of phenolic OH excluding ortho intramolecular Hbond substituents is 1. The standard InChI is InChI=1S/C23H24BrClN4O4S/c1-3-5-10-33-22(32)16-12-15(7-8-18(16)25)26-20(31)13-34-23-28-27-21(29(23)4-2)17-11-14(24)6-9-19(17)30/h6-9,11-12,30H,3-5,10,13H2,1-2H3,(H,26,31). The fourth-order valence-corrected chi connectivity index (χ4v) is 4.40. The Balaban J connectivity index is 1.67. The fraction of sp³-hybridized carbons (Fsp3) is 0.304. The lowest BCUT2D eigenvalue weighted by atomic mass is 10.2. The van der Waals surface area contributed by atoms with Gasteiger partial charge in [0.25, 0.3) is 0 Å². The van der Waals surface area contributed by atoms with E-state index in [-0.39, 0.29) is 28.0 Å². The Hall–Kier alpha value is -2.56. The van der Waals surface area contributed by atoms with E-state index >= 15 is 0 Å². The summed E-state index contributed by atoms with van der Waals surface area (Å²) in [5.74, 6) is -0.139. The van der Waals surface area contributed by atoms with Crippen molar-refractivity contribution in [3.05, 3.63) is 51.5 Å². The second kappa shape index (κ2) is 12.2. The number of unbranched alkanes of at least 4 members (excludes halogenated alkanes) is 1. The maximum Gasteiger partial charge on any atom is 0.339 e. The molecule has 0 aliphatic carbocycles. The Bertz CT molecular complexity index is 1190. The number of halogens is 2. The Kier molecular flexibility index (Phi) is 9.37. The molecule has 2 aromatic carbocycles. The average Bonchev–Trinajstić information content (AvgIpc) is 3.23. The van der Waals surface area contributed by atoms with Gasteiger partial charge in [0.05, 0.1) is 28.5 Å². The van der Waals surface area contributed by atoms with E-state index in [1.807, 2.05) is 18.4 Å². The number of phenols is 1. The molecule has 0 atom stereocenters. The van der Waals surface area contributed by atoms with Gasteiger partial charge in [-0.1, -0.05) is 52.6 Å². The molecule has 3 aromatic rings. The number of nitrogens with zero attached hydrogens (tertiary/aromatic N) is 3. The number of amides is 1. The topological polar surface area (TPSA) is 106 Å². The summed E-state index contributed by atoms with van der Waals surface area (Å²) < 4.78 is 7.84. The minimum atomic E-state index is -0.525. The number of aromatic hydroxyl groups is 1. The first-order valence-electron chi connectivity index (χ1n) is 10.6. The van der Waals surface area contributed by atoms with Crippen LogP contribution in [0.25, 0.3) is 11.4 Å². The molecule has 0 bridgehead atoms. The third-order valence-electron chi connectivity index (χ3n) is 4.77. The number of hydrogen-bond acceptors (Lipinski definition) is 7. The zero-order chi connectivity index (χ0) is 24.7. The monoisotopic (exact) mass is 566 g/mol. The largest absolute Gasteiger partial charge is 0.507 e. The van der Waals surface area contributed by atoms with Crippen LogP contribution >= 0.6 is 39.3 Å².